The van der Waals surface area contributed by atoms with Crippen LogP contribution < -0.4 is 0 Å². The van der Waals surface area contributed by atoms with Crippen LogP contribution in [-0.4, -0.2) is 28.8 Å². The number of halogens is 1. The maximum atomic E-state index is 12.5. The third-order valence-corrected chi connectivity index (χ3v) is 4.28. The lowest BCUT2D eigenvalue weighted by Gasteiger charge is -2.08. The van der Waals surface area contributed by atoms with Crippen molar-refractivity contribution in [3.63, 3.8) is 0 Å². The van der Waals surface area contributed by atoms with Crippen LogP contribution >= 0.6 is 11.6 Å². The number of aromatic nitrogens is 2. The Morgan fingerprint density at radius 2 is 1.92 bits per heavy atom. The normalized spacial score (nSPS) is 12.1. The summed E-state index contributed by atoms with van der Waals surface area (Å²) in [5.74, 6) is -0.231. The van der Waals surface area contributed by atoms with Crippen molar-refractivity contribution in [2.24, 2.45) is 5.92 Å². The SMILES string of the molecule is COC(=O)CC(C)C(=O)c1ccc2nc(-c3ccc(Cl)cc3)[nH]c2c1. The van der Waals surface area contributed by atoms with E-state index in [0.29, 0.717) is 16.4 Å². The summed E-state index contributed by atoms with van der Waals surface area (Å²) >= 11 is 5.91. The average Bonchev–Trinajstić information content (AvgIpc) is 3.04. The topological polar surface area (TPSA) is 72.1 Å². The van der Waals surface area contributed by atoms with Gasteiger partial charge in [-0.15, -0.1) is 0 Å². The van der Waals surface area contributed by atoms with Crippen molar-refractivity contribution in [1.82, 2.24) is 9.97 Å². The highest BCUT2D eigenvalue weighted by molar-refractivity contribution is 6.30. The lowest BCUT2D eigenvalue weighted by atomic mass is 9.96. The van der Waals surface area contributed by atoms with Crippen molar-refractivity contribution >= 4 is 34.4 Å². The van der Waals surface area contributed by atoms with Crippen LogP contribution in [0.25, 0.3) is 22.4 Å². The van der Waals surface area contributed by atoms with E-state index in [9.17, 15) is 9.59 Å². The van der Waals surface area contributed by atoms with Gasteiger partial charge >= 0.3 is 5.97 Å². The van der Waals surface area contributed by atoms with Crippen LogP contribution in [0, 0.1) is 5.92 Å². The summed E-state index contributed by atoms with van der Waals surface area (Å²) in [6.45, 7) is 1.72. The Morgan fingerprint density at radius 1 is 1.20 bits per heavy atom. The Kier molecular flexibility index (Phi) is 4.86. The summed E-state index contributed by atoms with van der Waals surface area (Å²) in [6.07, 6.45) is 0.0619. The molecule has 3 rings (SSSR count). The predicted octanol–water partition coefficient (Wildman–Crippen LogP) is 4.27. The number of imidazole rings is 1. The molecule has 1 N–H and O–H groups in total. The van der Waals surface area contributed by atoms with Crippen LogP contribution in [0.15, 0.2) is 42.5 Å². The van der Waals surface area contributed by atoms with Gasteiger partial charge in [0.1, 0.15) is 5.82 Å². The number of ether oxygens (including phenoxy) is 1. The Balaban J connectivity index is 1.88. The van der Waals surface area contributed by atoms with Gasteiger partial charge in [-0.05, 0) is 42.5 Å². The summed E-state index contributed by atoms with van der Waals surface area (Å²) in [4.78, 5) is 31.6. The molecule has 1 atom stereocenters. The van der Waals surface area contributed by atoms with Crippen molar-refractivity contribution < 1.29 is 14.3 Å². The van der Waals surface area contributed by atoms with Crippen LogP contribution in [0.5, 0.6) is 0 Å². The number of aromatic amines is 1. The van der Waals surface area contributed by atoms with Gasteiger partial charge in [0.05, 0.1) is 24.6 Å². The molecule has 128 valence electrons. The zero-order chi connectivity index (χ0) is 18.0. The number of nitrogens with one attached hydrogen (secondary N) is 1. The van der Waals surface area contributed by atoms with E-state index >= 15 is 0 Å². The molecule has 0 radical (unpaired) electrons. The molecule has 0 saturated heterocycles. The van der Waals surface area contributed by atoms with Gasteiger partial charge in [-0.3, -0.25) is 9.59 Å². The molecule has 1 heterocycles. The molecule has 0 bridgehead atoms. The van der Waals surface area contributed by atoms with Gasteiger partial charge in [-0.1, -0.05) is 18.5 Å². The van der Waals surface area contributed by atoms with E-state index in [2.05, 4.69) is 14.7 Å². The second-order valence-electron chi connectivity index (χ2n) is 5.87. The number of rotatable bonds is 5. The molecule has 1 unspecified atom stereocenters. The minimum atomic E-state index is -0.441. The summed E-state index contributed by atoms with van der Waals surface area (Å²) < 4.78 is 4.62. The molecule has 0 amide bonds. The van der Waals surface area contributed by atoms with Crippen molar-refractivity contribution in [2.45, 2.75) is 13.3 Å². The fourth-order valence-corrected chi connectivity index (χ4v) is 2.74. The second-order valence-corrected chi connectivity index (χ2v) is 6.31. The van der Waals surface area contributed by atoms with Crippen LogP contribution in [0.1, 0.15) is 23.7 Å². The van der Waals surface area contributed by atoms with Crippen molar-refractivity contribution in [2.75, 3.05) is 7.11 Å². The van der Waals surface area contributed by atoms with E-state index in [-0.39, 0.29) is 12.2 Å². The molecule has 5 nitrogen and oxygen atoms in total. The first-order valence-corrected chi connectivity index (χ1v) is 8.22. The van der Waals surface area contributed by atoms with Gasteiger partial charge in [0.2, 0.25) is 0 Å². The molecule has 1 aromatic heterocycles. The number of carbonyl (C=O) groups is 2. The van der Waals surface area contributed by atoms with Crippen molar-refractivity contribution in [3.8, 4) is 11.4 Å². The quantitative estimate of drug-likeness (QED) is 0.547. The molecule has 0 fully saturated rings. The number of hydrogen-bond acceptors (Lipinski definition) is 4. The number of methoxy groups -OCH3 is 1. The minimum Gasteiger partial charge on any atom is -0.469 e. The highest BCUT2D eigenvalue weighted by Gasteiger charge is 2.19. The van der Waals surface area contributed by atoms with Crippen LogP contribution in [-0.2, 0) is 9.53 Å². The first kappa shape index (κ1) is 17.2. The molecule has 0 aliphatic carbocycles. The summed E-state index contributed by atoms with van der Waals surface area (Å²) in [5.41, 5.74) is 2.98. The minimum absolute atomic E-state index is 0.0619. The lowest BCUT2D eigenvalue weighted by molar-refractivity contribution is -0.141. The molecule has 0 aliphatic heterocycles. The standard InChI is InChI=1S/C19H17ClN2O3/c1-11(9-17(23)25-2)18(24)13-5-8-15-16(10-13)22-19(21-15)12-3-6-14(20)7-4-12/h3-8,10-11H,9H2,1-2H3,(H,21,22). The van der Waals surface area contributed by atoms with Gasteiger partial charge in [0, 0.05) is 22.1 Å². The molecular formula is C19H17ClN2O3. The number of hydrogen-bond donors (Lipinski definition) is 1. The monoisotopic (exact) mass is 356 g/mol. The number of H-pyrrole nitrogens is 1. The first-order chi connectivity index (χ1) is 12.0. The fourth-order valence-electron chi connectivity index (χ4n) is 2.62. The summed E-state index contributed by atoms with van der Waals surface area (Å²) in [5, 5.41) is 0.660. The maximum absolute atomic E-state index is 12.5. The second kappa shape index (κ2) is 7.07. The molecular weight excluding hydrogens is 340 g/mol. The molecule has 0 saturated carbocycles. The number of benzene rings is 2. The zero-order valence-corrected chi connectivity index (χ0v) is 14.6. The first-order valence-electron chi connectivity index (χ1n) is 7.84. The Morgan fingerprint density at radius 3 is 2.60 bits per heavy atom. The number of nitrogens with zero attached hydrogens (tertiary/aromatic N) is 1. The van der Waals surface area contributed by atoms with Gasteiger partial charge in [-0.25, -0.2) is 4.98 Å². The lowest BCUT2D eigenvalue weighted by Crippen LogP contribution is -2.16. The van der Waals surface area contributed by atoms with E-state index in [1.54, 1.807) is 37.3 Å². The predicted molar refractivity (Wildman–Crippen MR) is 96.7 cm³/mol. The highest BCUT2D eigenvalue weighted by Crippen LogP contribution is 2.24. The van der Waals surface area contributed by atoms with E-state index in [0.717, 1.165) is 16.6 Å². The Hall–Kier alpha value is -2.66. The average molecular weight is 357 g/mol. The maximum Gasteiger partial charge on any atom is 0.306 e. The fraction of sp³-hybridized carbons (Fsp3) is 0.211. The number of carbonyl (C=O) groups excluding carboxylic acids is 2. The van der Waals surface area contributed by atoms with E-state index in [1.807, 2.05) is 12.1 Å². The van der Waals surface area contributed by atoms with Gasteiger partial charge < -0.3 is 9.72 Å². The third kappa shape index (κ3) is 3.72. The molecule has 25 heavy (non-hydrogen) atoms. The molecule has 3 aromatic rings. The number of ketones is 1. The Labute approximate surface area is 150 Å². The zero-order valence-electron chi connectivity index (χ0n) is 13.9. The van der Waals surface area contributed by atoms with Crippen LogP contribution in [0.2, 0.25) is 5.02 Å². The summed E-state index contributed by atoms with van der Waals surface area (Å²) in [6, 6.07) is 12.6. The molecule has 0 aliphatic rings. The number of Topliss-reactive ketones (excluding diaryl/α,β-unsaturated/α-hetero) is 1. The number of esters is 1. The van der Waals surface area contributed by atoms with Crippen molar-refractivity contribution in [3.05, 3.63) is 53.1 Å². The smallest absolute Gasteiger partial charge is 0.306 e. The highest BCUT2D eigenvalue weighted by atomic mass is 35.5. The van der Waals surface area contributed by atoms with Gasteiger partial charge in [-0.2, -0.15) is 0 Å². The molecule has 0 spiro atoms. The third-order valence-electron chi connectivity index (χ3n) is 4.03. The number of fused-ring (bicyclic) bond motifs is 1. The van der Waals surface area contributed by atoms with Crippen LogP contribution in [0.4, 0.5) is 0 Å². The van der Waals surface area contributed by atoms with Crippen molar-refractivity contribution in [1.29, 1.82) is 0 Å². The van der Waals surface area contributed by atoms with Crippen LogP contribution in [0.3, 0.4) is 0 Å². The summed E-state index contributed by atoms with van der Waals surface area (Å²) in [7, 11) is 1.31. The molecule has 6 heteroatoms. The van der Waals surface area contributed by atoms with Gasteiger partial charge in [0.15, 0.2) is 5.78 Å². The van der Waals surface area contributed by atoms with E-state index < -0.39 is 11.9 Å². The van der Waals surface area contributed by atoms with E-state index in [4.69, 9.17) is 11.6 Å². The Bertz CT molecular complexity index is 931. The van der Waals surface area contributed by atoms with Gasteiger partial charge in [0.25, 0.3) is 0 Å². The molecule has 2 aromatic carbocycles. The van der Waals surface area contributed by atoms with E-state index in [1.165, 1.54) is 7.11 Å². The largest absolute Gasteiger partial charge is 0.469 e.